The van der Waals surface area contributed by atoms with E-state index < -0.39 is 0 Å². The van der Waals surface area contributed by atoms with Gasteiger partial charge < -0.3 is 10.6 Å². The highest BCUT2D eigenvalue weighted by Crippen LogP contribution is 2.23. The van der Waals surface area contributed by atoms with Crippen LogP contribution in [0, 0.1) is 0 Å². The summed E-state index contributed by atoms with van der Waals surface area (Å²) in [5.41, 5.74) is 2.65. The third-order valence-electron chi connectivity index (χ3n) is 4.33. The Morgan fingerprint density at radius 3 is 2.44 bits per heavy atom. The van der Waals surface area contributed by atoms with Crippen LogP contribution in [0.5, 0.6) is 0 Å². The first-order valence-corrected chi connectivity index (χ1v) is 10.2. The van der Waals surface area contributed by atoms with Gasteiger partial charge in [-0.3, -0.25) is 4.79 Å². The van der Waals surface area contributed by atoms with Crippen LogP contribution in [-0.2, 0) is 11.2 Å². The molecule has 1 heterocycles. The molecule has 1 amide bonds. The molecule has 0 saturated heterocycles. The van der Waals surface area contributed by atoms with E-state index in [1.165, 1.54) is 28.8 Å². The number of aryl methyl sites for hydroxylation is 1. The van der Waals surface area contributed by atoms with Crippen molar-refractivity contribution in [2.24, 2.45) is 0 Å². The van der Waals surface area contributed by atoms with Crippen molar-refractivity contribution in [1.82, 2.24) is 5.32 Å². The quantitative estimate of drug-likeness (QED) is 0.705. The van der Waals surface area contributed by atoms with Gasteiger partial charge >= 0.3 is 0 Å². The molecular formula is C21H31N2OS+. The average molecular weight is 360 g/mol. The van der Waals surface area contributed by atoms with E-state index in [2.05, 4.69) is 59.3 Å². The van der Waals surface area contributed by atoms with Gasteiger partial charge in [0.15, 0.2) is 6.04 Å². The third-order valence-corrected chi connectivity index (χ3v) is 5.29. The van der Waals surface area contributed by atoms with Crippen molar-refractivity contribution in [1.29, 1.82) is 0 Å². The minimum atomic E-state index is -0.130. The molecule has 2 rings (SSSR count). The first-order chi connectivity index (χ1) is 12.0. The second-order valence-corrected chi connectivity index (χ2v) is 7.96. The first kappa shape index (κ1) is 19.7. The predicted octanol–water partition coefficient (Wildman–Crippen LogP) is 3.66. The summed E-state index contributed by atoms with van der Waals surface area (Å²) in [4.78, 5) is 13.6. The average Bonchev–Trinajstić information content (AvgIpc) is 3.12. The Hall–Kier alpha value is -1.65. The van der Waals surface area contributed by atoms with Crippen LogP contribution in [0.2, 0.25) is 0 Å². The van der Waals surface area contributed by atoms with E-state index in [1.807, 2.05) is 20.8 Å². The van der Waals surface area contributed by atoms with Gasteiger partial charge in [-0.05, 0) is 50.6 Å². The fraction of sp³-hybridized carbons (Fsp3) is 0.476. The van der Waals surface area contributed by atoms with Crippen molar-refractivity contribution in [3.05, 3.63) is 57.8 Å². The fourth-order valence-corrected chi connectivity index (χ4v) is 3.74. The van der Waals surface area contributed by atoms with Crippen molar-refractivity contribution in [2.75, 3.05) is 0 Å². The van der Waals surface area contributed by atoms with Crippen molar-refractivity contribution in [3.63, 3.8) is 0 Å². The molecule has 0 bridgehead atoms. The minimum Gasteiger partial charge on any atom is -0.349 e. The number of hydrogen-bond donors (Lipinski definition) is 2. The monoisotopic (exact) mass is 359 g/mol. The highest BCUT2D eigenvalue weighted by molar-refractivity contribution is 7.10. The summed E-state index contributed by atoms with van der Waals surface area (Å²) in [6, 6.07) is 13.3. The highest BCUT2D eigenvalue weighted by atomic mass is 32.1. The lowest BCUT2D eigenvalue weighted by atomic mass is 10.0. The van der Waals surface area contributed by atoms with Gasteiger partial charge in [0.25, 0.3) is 5.91 Å². The normalized spacial score (nSPS) is 13.6. The van der Waals surface area contributed by atoms with Crippen LogP contribution < -0.4 is 10.6 Å². The standard InChI is InChI=1S/C21H30N2OS/c1-5-6-8-17-10-12-18(13-11-17)20(19-9-7-14-25-19)23-16(4)21(24)22-15(2)3/h7,9-16,20,23H,5-6,8H2,1-4H3,(H,22,24)/p+1/t16-,20+/m1/s1. The first-order valence-electron chi connectivity index (χ1n) is 9.28. The van der Waals surface area contributed by atoms with Crippen LogP contribution >= 0.6 is 11.3 Å². The van der Waals surface area contributed by atoms with Crippen LogP contribution in [0.15, 0.2) is 41.8 Å². The summed E-state index contributed by atoms with van der Waals surface area (Å²) in [5.74, 6) is 0.0936. The Morgan fingerprint density at radius 1 is 1.16 bits per heavy atom. The zero-order valence-electron chi connectivity index (χ0n) is 15.8. The highest BCUT2D eigenvalue weighted by Gasteiger charge is 2.25. The number of amides is 1. The van der Waals surface area contributed by atoms with Gasteiger partial charge in [0.2, 0.25) is 0 Å². The van der Waals surface area contributed by atoms with Crippen molar-refractivity contribution in [3.8, 4) is 0 Å². The molecule has 1 aromatic carbocycles. The number of nitrogens with one attached hydrogen (secondary N) is 1. The number of carbonyl (C=O) groups is 1. The number of nitrogens with two attached hydrogens (primary N) is 1. The maximum atomic E-state index is 12.3. The largest absolute Gasteiger partial charge is 0.349 e. The molecule has 2 atom stereocenters. The number of unbranched alkanes of at least 4 members (excludes halogenated alkanes) is 1. The summed E-state index contributed by atoms with van der Waals surface area (Å²) in [6.45, 7) is 8.19. The Bertz CT molecular complexity index is 634. The van der Waals surface area contributed by atoms with Crippen LogP contribution in [0.3, 0.4) is 0 Å². The second-order valence-electron chi connectivity index (χ2n) is 6.98. The van der Waals surface area contributed by atoms with E-state index in [1.54, 1.807) is 11.3 Å². The lowest BCUT2D eigenvalue weighted by Crippen LogP contribution is -2.92. The zero-order chi connectivity index (χ0) is 18.2. The predicted molar refractivity (Wildman–Crippen MR) is 106 cm³/mol. The van der Waals surface area contributed by atoms with E-state index in [-0.39, 0.29) is 24.0 Å². The Labute approximate surface area is 155 Å². The maximum Gasteiger partial charge on any atom is 0.278 e. The van der Waals surface area contributed by atoms with E-state index in [0.717, 1.165) is 6.42 Å². The smallest absolute Gasteiger partial charge is 0.278 e. The van der Waals surface area contributed by atoms with Gasteiger partial charge in [-0.15, -0.1) is 11.3 Å². The molecule has 0 spiro atoms. The lowest BCUT2D eigenvalue weighted by molar-refractivity contribution is -0.704. The molecule has 0 unspecified atom stereocenters. The number of benzene rings is 1. The zero-order valence-corrected chi connectivity index (χ0v) is 16.6. The number of quaternary nitrogens is 1. The van der Waals surface area contributed by atoms with E-state index in [4.69, 9.17) is 0 Å². The molecule has 0 fully saturated rings. The maximum absolute atomic E-state index is 12.3. The summed E-state index contributed by atoms with van der Waals surface area (Å²) in [7, 11) is 0. The molecular weight excluding hydrogens is 328 g/mol. The molecule has 0 saturated carbocycles. The second kappa shape index (κ2) is 9.73. The van der Waals surface area contributed by atoms with Gasteiger partial charge in [-0.2, -0.15) is 0 Å². The molecule has 2 aromatic rings. The third kappa shape index (κ3) is 5.98. The van der Waals surface area contributed by atoms with E-state index in [9.17, 15) is 4.79 Å². The SMILES string of the molecule is CCCCc1ccc([C@H]([NH2+][C@H](C)C(=O)NC(C)C)c2cccs2)cc1. The Kier molecular flexibility index (Phi) is 7.66. The fourth-order valence-electron chi connectivity index (χ4n) is 2.90. The van der Waals surface area contributed by atoms with Gasteiger partial charge in [0.05, 0.1) is 4.88 Å². The van der Waals surface area contributed by atoms with Crippen molar-refractivity contribution in [2.45, 2.75) is 65.1 Å². The molecule has 1 aromatic heterocycles. The van der Waals surface area contributed by atoms with Gasteiger partial charge in [0, 0.05) is 11.6 Å². The molecule has 0 radical (unpaired) electrons. The van der Waals surface area contributed by atoms with Gasteiger partial charge in [-0.25, -0.2) is 0 Å². The molecule has 0 aliphatic heterocycles. The number of thiophene rings is 1. The molecule has 25 heavy (non-hydrogen) atoms. The van der Waals surface area contributed by atoms with Crippen LogP contribution in [0.4, 0.5) is 0 Å². The molecule has 0 aliphatic rings. The Morgan fingerprint density at radius 2 is 1.88 bits per heavy atom. The summed E-state index contributed by atoms with van der Waals surface area (Å²) in [5, 5.41) is 7.28. The summed E-state index contributed by atoms with van der Waals surface area (Å²) < 4.78 is 0. The summed E-state index contributed by atoms with van der Waals surface area (Å²) in [6.07, 6.45) is 3.58. The van der Waals surface area contributed by atoms with E-state index >= 15 is 0 Å². The Balaban J connectivity index is 2.15. The van der Waals surface area contributed by atoms with Gasteiger partial charge in [0.1, 0.15) is 6.04 Å². The van der Waals surface area contributed by atoms with Crippen molar-refractivity contribution < 1.29 is 10.1 Å². The molecule has 136 valence electrons. The lowest BCUT2D eigenvalue weighted by Gasteiger charge is -2.20. The van der Waals surface area contributed by atoms with Crippen LogP contribution in [0.1, 0.15) is 62.6 Å². The minimum absolute atomic E-state index is 0.0936. The van der Waals surface area contributed by atoms with Crippen molar-refractivity contribution >= 4 is 17.2 Å². The number of rotatable bonds is 9. The topological polar surface area (TPSA) is 45.7 Å². The molecule has 0 aliphatic carbocycles. The van der Waals surface area contributed by atoms with Crippen LogP contribution in [0.25, 0.3) is 0 Å². The molecule has 3 nitrogen and oxygen atoms in total. The molecule has 4 heteroatoms. The van der Waals surface area contributed by atoms with Gasteiger partial charge in [-0.1, -0.05) is 43.7 Å². The van der Waals surface area contributed by atoms with Crippen LogP contribution in [-0.4, -0.2) is 18.0 Å². The number of carbonyl (C=O) groups excluding carboxylic acids is 1. The number of hydrogen-bond acceptors (Lipinski definition) is 2. The van der Waals surface area contributed by atoms with E-state index in [0.29, 0.717) is 0 Å². The molecule has 3 N–H and O–H groups in total. The summed E-state index contributed by atoms with van der Waals surface area (Å²) >= 11 is 1.75.